The number of ether oxygens (including phenoxy) is 2. The van der Waals surface area contributed by atoms with Gasteiger partial charge in [0.25, 0.3) is 0 Å². The van der Waals surface area contributed by atoms with E-state index >= 15 is 0 Å². The zero-order valence-corrected chi connectivity index (χ0v) is 25.7. The Morgan fingerprint density at radius 2 is 1.86 bits per heavy atom. The molecule has 0 aliphatic heterocycles. The molecular weight excluding hydrogens is 546 g/mol. The molecule has 2 fully saturated rings. The van der Waals surface area contributed by atoms with E-state index in [9.17, 15) is 9.59 Å². The van der Waals surface area contributed by atoms with Crippen LogP contribution < -0.4 is 5.69 Å². The molecule has 0 spiro atoms. The van der Waals surface area contributed by atoms with Crippen molar-refractivity contribution in [2.24, 2.45) is 17.8 Å². The van der Waals surface area contributed by atoms with Gasteiger partial charge in [-0.15, -0.1) is 10.2 Å². The number of aromatic amines is 1. The van der Waals surface area contributed by atoms with E-state index in [2.05, 4.69) is 27.5 Å². The first kappa shape index (κ1) is 31.1. The average molecular weight is 594 g/mol. The molecule has 234 valence electrons. The quantitative estimate of drug-likeness (QED) is 0.259. The van der Waals surface area contributed by atoms with Crippen LogP contribution in [0.25, 0.3) is 0 Å². The number of hydrogen-bond donors (Lipinski definition) is 1. The third-order valence-electron chi connectivity index (χ3n) is 9.42. The van der Waals surface area contributed by atoms with Gasteiger partial charge in [0, 0.05) is 18.9 Å². The zero-order chi connectivity index (χ0) is 30.0. The summed E-state index contributed by atoms with van der Waals surface area (Å²) in [5, 5.41) is 20.0. The summed E-state index contributed by atoms with van der Waals surface area (Å²) in [5.74, 6) is 3.44. The topological polar surface area (TPSA) is 130 Å². The highest BCUT2D eigenvalue weighted by Gasteiger charge is 2.37. The molecule has 0 bridgehead atoms. The highest BCUT2D eigenvalue weighted by atomic mass is 16.6. The van der Waals surface area contributed by atoms with Crippen molar-refractivity contribution in [1.82, 2.24) is 35.0 Å². The number of carbonyl (C=O) groups is 1. The minimum atomic E-state index is -0.497. The van der Waals surface area contributed by atoms with Crippen molar-refractivity contribution in [2.75, 3.05) is 13.2 Å². The standard InChI is InChI=1S/C32H47N7O4/c1-3-5-15-29-35-39(21-28(25-11-7-6-8-12-25)43-22-30(40)42-4-2)32(41)38(29)20-23-16-18-24(19-17-23)26-13-9-10-14-27(26)31-33-36-37-34-31/h6-8,11-12,23-24,26-28H,3-5,9-10,13-22H2,1-2H3,(H,33,34,36,37). The Morgan fingerprint density at radius 3 is 2.58 bits per heavy atom. The lowest BCUT2D eigenvalue weighted by Crippen LogP contribution is -2.33. The number of aryl methyl sites for hydroxylation is 1. The maximum atomic E-state index is 13.8. The number of esters is 1. The lowest BCUT2D eigenvalue weighted by Gasteiger charge is -2.39. The summed E-state index contributed by atoms with van der Waals surface area (Å²) in [6.07, 6.45) is 11.7. The molecule has 43 heavy (non-hydrogen) atoms. The molecule has 2 aromatic heterocycles. The van der Waals surface area contributed by atoms with Gasteiger partial charge in [0.1, 0.15) is 18.5 Å². The fourth-order valence-corrected chi connectivity index (χ4v) is 7.19. The number of H-pyrrole nitrogens is 1. The predicted molar refractivity (Wildman–Crippen MR) is 161 cm³/mol. The summed E-state index contributed by atoms with van der Waals surface area (Å²) >= 11 is 0. The Kier molecular flexibility index (Phi) is 11.1. The SMILES string of the molecule is CCCCc1nn(CC(OCC(=O)OCC)c2ccccc2)c(=O)n1CC1CCC(C2CCCCC2c2nn[nH]n2)CC1. The van der Waals surface area contributed by atoms with E-state index in [4.69, 9.17) is 14.6 Å². The summed E-state index contributed by atoms with van der Waals surface area (Å²) in [5.41, 5.74) is 0.793. The molecule has 2 aliphatic carbocycles. The van der Waals surface area contributed by atoms with Crippen LogP contribution in [-0.4, -0.2) is 54.2 Å². The summed E-state index contributed by atoms with van der Waals surface area (Å²) in [4.78, 5) is 25.9. The van der Waals surface area contributed by atoms with Crippen LogP contribution in [0.15, 0.2) is 35.1 Å². The van der Waals surface area contributed by atoms with Crippen molar-refractivity contribution < 1.29 is 14.3 Å². The van der Waals surface area contributed by atoms with Crippen LogP contribution in [0.1, 0.15) is 107 Å². The van der Waals surface area contributed by atoms with E-state index in [0.717, 1.165) is 55.7 Å². The van der Waals surface area contributed by atoms with Gasteiger partial charge in [-0.3, -0.25) is 4.57 Å². The molecule has 2 saturated carbocycles. The Labute approximate surface area is 253 Å². The zero-order valence-electron chi connectivity index (χ0n) is 25.7. The lowest BCUT2D eigenvalue weighted by atomic mass is 9.66. The number of nitrogens with one attached hydrogen (secondary N) is 1. The van der Waals surface area contributed by atoms with E-state index < -0.39 is 12.1 Å². The smallest absolute Gasteiger partial charge is 0.346 e. The number of unbranched alkanes of at least 4 members (excludes halogenated alkanes) is 1. The number of carbonyl (C=O) groups excluding carboxylic acids is 1. The fourth-order valence-electron chi connectivity index (χ4n) is 7.19. The molecule has 1 aromatic carbocycles. The minimum absolute atomic E-state index is 0.0988. The maximum absolute atomic E-state index is 13.8. The van der Waals surface area contributed by atoms with Crippen molar-refractivity contribution in [3.8, 4) is 0 Å². The molecule has 0 amide bonds. The Hall–Kier alpha value is -3.34. The molecule has 11 heteroatoms. The maximum Gasteiger partial charge on any atom is 0.346 e. The van der Waals surface area contributed by atoms with Crippen LogP contribution >= 0.6 is 0 Å². The lowest BCUT2D eigenvalue weighted by molar-refractivity contribution is -0.151. The van der Waals surface area contributed by atoms with Crippen molar-refractivity contribution in [2.45, 2.75) is 110 Å². The second kappa shape index (κ2) is 15.4. The fraction of sp³-hybridized carbons (Fsp3) is 0.688. The van der Waals surface area contributed by atoms with Crippen LogP contribution in [0.5, 0.6) is 0 Å². The van der Waals surface area contributed by atoms with Crippen LogP contribution in [0, 0.1) is 17.8 Å². The molecule has 5 rings (SSSR count). The van der Waals surface area contributed by atoms with Gasteiger partial charge in [-0.05, 0) is 75.2 Å². The number of nitrogens with zero attached hydrogens (tertiary/aromatic N) is 6. The van der Waals surface area contributed by atoms with E-state index in [0.29, 0.717) is 36.8 Å². The summed E-state index contributed by atoms with van der Waals surface area (Å²) < 4.78 is 14.5. The second-order valence-corrected chi connectivity index (χ2v) is 12.2. The summed E-state index contributed by atoms with van der Waals surface area (Å²) in [6.45, 7) is 4.98. The molecule has 3 aromatic rings. The predicted octanol–water partition coefficient (Wildman–Crippen LogP) is 5.00. The van der Waals surface area contributed by atoms with Gasteiger partial charge in [0.15, 0.2) is 5.82 Å². The second-order valence-electron chi connectivity index (χ2n) is 12.2. The van der Waals surface area contributed by atoms with Crippen molar-refractivity contribution in [3.05, 3.63) is 58.0 Å². The highest BCUT2D eigenvalue weighted by molar-refractivity contribution is 5.70. The van der Waals surface area contributed by atoms with Gasteiger partial charge in [-0.1, -0.05) is 61.7 Å². The Balaban J connectivity index is 1.27. The van der Waals surface area contributed by atoms with E-state index in [1.54, 1.807) is 6.92 Å². The molecule has 3 unspecified atom stereocenters. The van der Waals surface area contributed by atoms with Crippen LogP contribution in [-0.2, 0) is 33.8 Å². The van der Waals surface area contributed by atoms with Crippen LogP contribution in [0.3, 0.4) is 0 Å². The van der Waals surface area contributed by atoms with E-state index in [1.165, 1.54) is 36.8 Å². The van der Waals surface area contributed by atoms with Crippen molar-refractivity contribution in [1.29, 1.82) is 0 Å². The normalized spacial score (nSPS) is 23.2. The number of benzene rings is 1. The number of hydrogen-bond acceptors (Lipinski definition) is 8. The van der Waals surface area contributed by atoms with Crippen molar-refractivity contribution >= 4 is 5.97 Å². The van der Waals surface area contributed by atoms with Gasteiger partial charge >= 0.3 is 11.7 Å². The highest BCUT2D eigenvalue weighted by Crippen LogP contribution is 2.46. The number of tetrazole rings is 1. The van der Waals surface area contributed by atoms with Gasteiger partial charge in [0.05, 0.1) is 13.2 Å². The molecule has 2 heterocycles. The number of rotatable bonds is 14. The van der Waals surface area contributed by atoms with Crippen LogP contribution in [0.2, 0.25) is 0 Å². The summed E-state index contributed by atoms with van der Waals surface area (Å²) in [7, 11) is 0. The summed E-state index contributed by atoms with van der Waals surface area (Å²) in [6, 6.07) is 9.69. The number of aromatic nitrogens is 7. The van der Waals surface area contributed by atoms with E-state index in [-0.39, 0.29) is 18.8 Å². The third kappa shape index (κ3) is 7.99. The third-order valence-corrected chi connectivity index (χ3v) is 9.42. The Bertz CT molecular complexity index is 1320. The molecule has 0 saturated heterocycles. The molecule has 0 radical (unpaired) electrons. The van der Waals surface area contributed by atoms with Gasteiger partial charge in [-0.25, -0.2) is 14.3 Å². The average Bonchev–Trinajstić information content (AvgIpc) is 3.68. The monoisotopic (exact) mass is 593 g/mol. The minimum Gasteiger partial charge on any atom is -0.464 e. The molecule has 11 nitrogen and oxygen atoms in total. The van der Waals surface area contributed by atoms with Gasteiger partial charge in [-0.2, -0.15) is 10.3 Å². The first-order valence-electron chi connectivity index (χ1n) is 16.3. The van der Waals surface area contributed by atoms with Gasteiger partial charge in [0.2, 0.25) is 0 Å². The first-order valence-corrected chi connectivity index (χ1v) is 16.3. The molecule has 1 N–H and O–H groups in total. The van der Waals surface area contributed by atoms with Crippen LogP contribution in [0.4, 0.5) is 0 Å². The molecule has 3 atom stereocenters. The molecular formula is C32H47N7O4. The first-order chi connectivity index (χ1) is 21.1. The van der Waals surface area contributed by atoms with Crippen molar-refractivity contribution in [3.63, 3.8) is 0 Å². The molecule has 2 aliphatic rings. The largest absolute Gasteiger partial charge is 0.464 e. The van der Waals surface area contributed by atoms with E-state index in [1.807, 2.05) is 34.9 Å². The Morgan fingerprint density at radius 1 is 1.07 bits per heavy atom. The van der Waals surface area contributed by atoms with Gasteiger partial charge < -0.3 is 9.47 Å².